The highest BCUT2D eigenvalue weighted by Gasteiger charge is 2.12. The molecule has 4 heteroatoms. The van der Waals surface area contributed by atoms with Crippen LogP contribution in [-0.4, -0.2) is 15.8 Å². The molecule has 0 aliphatic carbocycles. The van der Waals surface area contributed by atoms with Crippen molar-refractivity contribution in [1.82, 2.24) is 9.97 Å². The van der Waals surface area contributed by atoms with E-state index >= 15 is 0 Å². The topological polar surface area (TPSA) is 42.9 Å². The number of hydrogen-bond acceptors (Lipinski definition) is 3. The lowest BCUT2D eigenvalue weighted by Gasteiger charge is -2.04. The van der Waals surface area contributed by atoms with Crippen LogP contribution in [-0.2, 0) is 6.42 Å². The molecule has 0 unspecified atom stereocenters. The van der Waals surface area contributed by atoms with Crippen LogP contribution in [0.2, 0.25) is 0 Å². The van der Waals surface area contributed by atoms with Crippen molar-refractivity contribution in [3.63, 3.8) is 0 Å². The van der Waals surface area contributed by atoms with Gasteiger partial charge in [-0.1, -0.05) is 18.2 Å². The van der Waals surface area contributed by atoms with Gasteiger partial charge in [-0.15, -0.1) is 0 Å². The lowest BCUT2D eigenvalue weighted by atomic mass is 10.0. The average molecular weight is 327 g/mol. The van der Waals surface area contributed by atoms with Crippen LogP contribution in [0.5, 0.6) is 0 Å². The first-order valence-corrected chi connectivity index (χ1v) is 7.01. The van der Waals surface area contributed by atoms with Gasteiger partial charge in [0.05, 0.1) is 11.9 Å². The van der Waals surface area contributed by atoms with E-state index in [1.807, 2.05) is 42.5 Å². The van der Waals surface area contributed by atoms with Crippen LogP contribution in [0.1, 0.15) is 16.1 Å². The van der Waals surface area contributed by atoms with Crippen molar-refractivity contribution < 1.29 is 4.79 Å². The fourth-order valence-corrected chi connectivity index (χ4v) is 2.33. The molecule has 0 saturated carbocycles. The molecule has 3 rings (SSSR count). The highest BCUT2D eigenvalue weighted by molar-refractivity contribution is 9.10. The third kappa shape index (κ3) is 2.60. The molecule has 0 aliphatic heterocycles. The van der Waals surface area contributed by atoms with E-state index in [1.165, 1.54) is 0 Å². The van der Waals surface area contributed by atoms with E-state index in [0.717, 1.165) is 21.1 Å². The fourth-order valence-electron chi connectivity index (χ4n) is 2.10. The number of pyridine rings is 2. The lowest BCUT2D eigenvalue weighted by Crippen LogP contribution is -2.06. The molecule has 0 N–H and O–H groups in total. The molecular weight excluding hydrogens is 316 g/mol. The standard InChI is InChI=1S/C16H11BrN2O/c17-12-6-7-13(19-10-12)9-15(20)14-5-1-3-11-4-2-8-18-16(11)14/h1-8,10H,9H2. The molecule has 0 radical (unpaired) electrons. The molecule has 20 heavy (non-hydrogen) atoms. The molecule has 0 spiro atoms. The summed E-state index contributed by atoms with van der Waals surface area (Å²) in [6.07, 6.45) is 3.68. The Balaban J connectivity index is 1.94. The third-order valence-corrected chi connectivity index (χ3v) is 3.53. The number of aromatic nitrogens is 2. The number of carbonyl (C=O) groups is 1. The van der Waals surface area contributed by atoms with Gasteiger partial charge in [0.15, 0.2) is 5.78 Å². The van der Waals surface area contributed by atoms with E-state index in [1.54, 1.807) is 12.4 Å². The maximum absolute atomic E-state index is 12.4. The summed E-state index contributed by atoms with van der Waals surface area (Å²) in [5.74, 6) is 0.0316. The van der Waals surface area contributed by atoms with Gasteiger partial charge in [0.25, 0.3) is 0 Å². The van der Waals surface area contributed by atoms with Gasteiger partial charge in [-0.3, -0.25) is 14.8 Å². The zero-order chi connectivity index (χ0) is 13.9. The summed E-state index contributed by atoms with van der Waals surface area (Å²) in [7, 11) is 0. The van der Waals surface area contributed by atoms with Gasteiger partial charge < -0.3 is 0 Å². The molecule has 2 heterocycles. The number of Topliss-reactive ketones (excluding diaryl/α,β-unsaturated/α-hetero) is 1. The normalized spacial score (nSPS) is 10.7. The minimum Gasteiger partial charge on any atom is -0.294 e. The Kier molecular flexibility index (Phi) is 3.56. The summed E-state index contributed by atoms with van der Waals surface area (Å²) >= 11 is 3.33. The molecule has 0 bridgehead atoms. The first-order valence-electron chi connectivity index (χ1n) is 6.21. The number of fused-ring (bicyclic) bond motifs is 1. The molecule has 1 aromatic carbocycles. The van der Waals surface area contributed by atoms with E-state index in [0.29, 0.717) is 5.56 Å². The van der Waals surface area contributed by atoms with Gasteiger partial charge in [-0.05, 0) is 40.2 Å². The Bertz CT molecular complexity index is 764. The maximum atomic E-state index is 12.4. The molecule has 0 saturated heterocycles. The highest BCUT2D eigenvalue weighted by Crippen LogP contribution is 2.18. The number of nitrogens with zero attached hydrogens (tertiary/aromatic N) is 2. The number of carbonyl (C=O) groups excluding carboxylic acids is 1. The molecule has 3 nitrogen and oxygen atoms in total. The summed E-state index contributed by atoms with van der Waals surface area (Å²) in [5.41, 5.74) is 2.15. The van der Waals surface area contributed by atoms with Crippen molar-refractivity contribution in [2.24, 2.45) is 0 Å². The van der Waals surface area contributed by atoms with Crippen LogP contribution in [0, 0.1) is 0 Å². The summed E-state index contributed by atoms with van der Waals surface area (Å²) < 4.78 is 0.903. The predicted molar refractivity (Wildman–Crippen MR) is 81.7 cm³/mol. The van der Waals surface area contributed by atoms with Gasteiger partial charge >= 0.3 is 0 Å². The molecule has 98 valence electrons. The van der Waals surface area contributed by atoms with Crippen molar-refractivity contribution >= 4 is 32.6 Å². The first kappa shape index (κ1) is 12.9. The molecule has 0 fully saturated rings. The predicted octanol–water partition coefficient (Wildman–Crippen LogP) is 3.82. The number of halogens is 1. The minimum absolute atomic E-state index is 0.0316. The van der Waals surface area contributed by atoms with Gasteiger partial charge in [-0.25, -0.2) is 0 Å². The Morgan fingerprint density at radius 2 is 1.90 bits per heavy atom. The van der Waals surface area contributed by atoms with Crippen LogP contribution < -0.4 is 0 Å². The second-order valence-corrected chi connectivity index (χ2v) is 5.36. The van der Waals surface area contributed by atoms with Gasteiger partial charge in [0.2, 0.25) is 0 Å². The quantitative estimate of drug-likeness (QED) is 0.687. The van der Waals surface area contributed by atoms with E-state index in [2.05, 4.69) is 25.9 Å². The van der Waals surface area contributed by atoms with Gasteiger partial charge in [0.1, 0.15) is 0 Å². The Morgan fingerprint density at radius 3 is 2.70 bits per heavy atom. The third-order valence-electron chi connectivity index (χ3n) is 3.06. The van der Waals surface area contributed by atoms with E-state index in [4.69, 9.17) is 0 Å². The van der Waals surface area contributed by atoms with Crippen molar-refractivity contribution in [2.75, 3.05) is 0 Å². The zero-order valence-corrected chi connectivity index (χ0v) is 12.2. The van der Waals surface area contributed by atoms with Gasteiger partial charge in [0, 0.05) is 33.5 Å². The largest absolute Gasteiger partial charge is 0.294 e. The molecule has 0 aliphatic rings. The molecule has 3 aromatic rings. The second-order valence-electron chi connectivity index (χ2n) is 4.45. The second kappa shape index (κ2) is 5.51. The zero-order valence-electron chi connectivity index (χ0n) is 10.6. The van der Waals surface area contributed by atoms with Crippen LogP contribution in [0.3, 0.4) is 0 Å². The molecule has 0 atom stereocenters. The maximum Gasteiger partial charge on any atom is 0.171 e. The van der Waals surface area contributed by atoms with Crippen molar-refractivity contribution in [3.8, 4) is 0 Å². The molecule has 2 aromatic heterocycles. The smallest absolute Gasteiger partial charge is 0.171 e. The Morgan fingerprint density at radius 1 is 1.05 bits per heavy atom. The van der Waals surface area contributed by atoms with Crippen molar-refractivity contribution in [2.45, 2.75) is 6.42 Å². The SMILES string of the molecule is O=C(Cc1ccc(Br)cn1)c1cccc2cccnc12. The summed E-state index contributed by atoms with van der Waals surface area (Å²) in [4.78, 5) is 21.0. The number of para-hydroxylation sites is 1. The number of rotatable bonds is 3. The average Bonchev–Trinajstić information content (AvgIpc) is 2.49. The van der Waals surface area contributed by atoms with Crippen LogP contribution in [0.15, 0.2) is 59.3 Å². The highest BCUT2D eigenvalue weighted by atomic mass is 79.9. The first-order chi connectivity index (χ1) is 9.74. The summed E-state index contributed by atoms with van der Waals surface area (Å²) in [6, 6.07) is 13.2. The monoisotopic (exact) mass is 326 g/mol. The van der Waals surface area contributed by atoms with Crippen LogP contribution in [0.25, 0.3) is 10.9 Å². The Labute approximate surface area is 124 Å². The molecule has 0 amide bonds. The number of ketones is 1. The van der Waals surface area contributed by atoms with E-state index < -0.39 is 0 Å². The Hall–Kier alpha value is -2.07. The summed E-state index contributed by atoms with van der Waals surface area (Å²) in [6.45, 7) is 0. The number of benzene rings is 1. The van der Waals surface area contributed by atoms with Crippen LogP contribution in [0.4, 0.5) is 0 Å². The van der Waals surface area contributed by atoms with Crippen molar-refractivity contribution in [1.29, 1.82) is 0 Å². The van der Waals surface area contributed by atoms with Crippen molar-refractivity contribution in [3.05, 3.63) is 70.6 Å². The summed E-state index contributed by atoms with van der Waals surface area (Å²) in [5, 5.41) is 0.974. The van der Waals surface area contributed by atoms with E-state index in [-0.39, 0.29) is 12.2 Å². The fraction of sp³-hybridized carbons (Fsp3) is 0.0625. The lowest BCUT2D eigenvalue weighted by molar-refractivity contribution is 0.0993. The van der Waals surface area contributed by atoms with Crippen LogP contribution >= 0.6 is 15.9 Å². The number of hydrogen-bond donors (Lipinski definition) is 0. The minimum atomic E-state index is 0.0316. The van der Waals surface area contributed by atoms with Gasteiger partial charge in [-0.2, -0.15) is 0 Å². The molecular formula is C16H11BrN2O. The van der Waals surface area contributed by atoms with E-state index in [9.17, 15) is 4.79 Å².